The van der Waals surface area contributed by atoms with Crippen molar-refractivity contribution in [3.05, 3.63) is 28.7 Å². The normalized spacial score (nSPS) is 15.1. The molecule has 1 amide bonds. The van der Waals surface area contributed by atoms with Gasteiger partial charge < -0.3 is 15.5 Å². The van der Waals surface area contributed by atoms with Gasteiger partial charge in [0.15, 0.2) is 5.96 Å². The highest BCUT2D eigenvalue weighted by Crippen LogP contribution is 2.14. The molecule has 0 aromatic heterocycles. The maximum absolute atomic E-state index is 11.9. The van der Waals surface area contributed by atoms with E-state index in [0.717, 1.165) is 29.2 Å². The summed E-state index contributed by atoms with van der Waals surface area (Å²) in [4.78, 5) is 18.4. The molecule has 2 N–H and O–H groups in total. The number of hydrogen-bond donors (Lipinski definition) is 2. The van der Waals surface area contributed by atoms with Crippen LogP contribution in [0.2, 0.25) is 0 Å². The van der Waals surface area contributed by atoms with Gasteiger partial charge in [0, 0.05) is 43.3 Å². The number of nitrogens with one attached hydrogen (secondary N) is 2. The number of guanidine groups is 1. The van der Waals surface area contributed by atoms with Crippen LogP contribution in [-0.2, 0) is 4.79 Å². The van der Waals surface area contributed by atoms with E-state index in [1.54, 1.807) is 7.05 Å². The number of carbonyl (C=O) groups is 1. The quantitative estimate of drug-likeness (QED) is 0.646. The first-order chi connectivity index (χ1) is 10.2. The summed E-state index contributed by atoms with van der Waals surface area (Å²) in [7, 11) is 1.78. The highest BCUT2D eigenvalue weighted by Gasteiger charge is 2.15. The van der Waals surface area contributed by atoms with Crippen molar-refractivity contribution < 1.29 is 4.79 Å². The SMILES string of the molecule is CN=C(NCCC(=O)Nc1ccc(Br)cc1)N1CCCC1. The van der Waals surface area contributed by atoms with Crippen LogP contribution in [-0.4, -0.2) is 43.4 Å². The van der Waals surface area contributed by atoms with Gasteiger partial charge in [0.05, 0.1) is 0 Å². The second kappa shape index (κ2) is 8.02. The van der Waals surface area contributed by atoms with Gasteiger partial charge in [-0.2, -0.15) is 0 Å². The second-order valence-corrected chi connectivity index (χ2v) is 5.89. The molecule has 2 rings (SSSR count). The molecule has 114 valence electrons. The zero-order valence-electron chi connectivity index (χ0n) is 12.2. The molecule has 0 aliphatic carbocycles. The Morgan fingerprint density at radius 1 is 1.29 bits per heavy atom. The van der Waals surface area contributed by atoms with Crippen molar-refractivity contribution in [3.8, 4) is 0 Å². The van der Waals surface area contributed by atoms with Gasteiger partial charge in [-0.05, 0) is 37.1 Å². The van der Waals surface area contributed by atoms with Crippen LogP contribution >= 0.6 is 15.9 Å². The van der Waals surface area contributed by atoms with Crippen LogP contribution in [0.3, 0.4) is 0 Å². The van der Waals surface area contributed by atoms with E-state index >= 15 is 0 Å². The van der Waals surface area contributed by atoms with Crippen LogP contribution in [0.5, 0.6) is 0 Å². The Morgan fingerprint density at radius 2 is 1.95 bits per heavy atom. The molecule has 0 spiro atoms. The monoisotopic (exact) mass is 352 g/mol. The molecular formula is C15H21BrN4O. The van der Waals surface area contributed by atoms with Gasteiger partial charge in [-0.15, -0.1) is 0 Å². The Labute approximate surface area is 133 Å². The lowest BCUT2D eigenvalue weighted by atomic mass is 10.3. The maximum Gasteiger partial charge on any atom is 0.226 e. The fourth-order valence-electron chi connectivity index (χ4n) is 2.31. The third-order valence-electron chi connectivity index (χ3n) is 3.38. The highest BCUT2D eigenvalue weighted by molar-refractivity contribution is 9.10. The number of hydrogen-bond acceptors (Lipinski definition) is 2. The number of anilines is 1. The van der Waals surface area contributed by atoms with Crippen molar-refractivity contribution in [1.82, 2.24) is 10.2 Å². The molecule has 0 bridgehead atoms. The summed E-state index contributed by atoms with van der Waals surface area (Å²) in [5.41, 5.74) is 0.812. The second-order valence-electron chi connectivity index (χ2n) is 4.97. The van der Waals surface area contributed by atoms with Gasteiger partial charge in [0.2, 0.25) is 5.91 Å². The number of amides is 1. The first-order valence-corrected chi connectivity index (χ1v) is 7.99. The van der Waals surface area contributed by atoms with Crippen molar-refractivity contribution >= 4 is 33.5 Å². The minimum atomic E-state index is 0.00157. The predicted molar refractivity (Wildman–Crippen MR) is 89.6 cm³/mol. The van der Waals surface area contributed by atoms with Gasteiger partial charge in [0.1, 0.15) is 0 Å². The minimum Gasteiger partial charge on any atom is -0.356 e. The van der Waals surface area contributed by atoms with Crippen molar-refractivity contribution in [1.29, 1.82) is 0 Å². The van der Waals surface area contributed by atoms with E-state index in [1.165, 1.54) is 12.8 Å². The average molecular weight is 353 g/mol. The van der Waals surface area contributed by atoms with Gasteiger partial charge in [-0.1, -0.05) is 15.9 Å². The molecule has 5 nitrogen and oxygen atoms in total. The summed E-state index contributed by atoms with van der Waals surface area (Å²) in [6, 6.07) is 7.56. The number of likely N-dealkylation sites (tertiary alicyclic amines) is 1. The third-order valence-corrected chi connectivity index (χ3v) is 3.91. The minimum absolute atomic E-state index is 0.00157. The van der Waals surface area contributed by atoms with Gasteiger partial charge in [0.25, 0.3) is 0 Å². The molecule has 0 radical (unpaired) electrons. The number of nitrogens with zero attached hydrogens (tertiary/aromatic N) is 2. The Kier molecular flexibility index (Phi) is 6.04. The molecule has 1 aromatic carbocycles. The zero-order chi connectivity index (χ0) is 15.1. The van der Waals surface area contributed by atoms with Crippen LogP contribution in [0, 0.1) is 0 Å². The maximum atomic E-state index is 11.9. The number of rotatable bonds is 4. The van der Waals surface area contributed by atoms with Gasteiger partial charge >= 0.3 is 0 Å². The van der Waals surface area contributed by atoms with Crippen LogP contribution < -0.4 is 10.6 Å². The molecule has 21 heavy (non-hydrogen) atoms. The Hall–Kier alpha value is -1.56. The Morgan fingerprint density at radius 3 is 2.57 bits per heavy atom. The largest absolute Gasteiger partial charge is 0.356 e. The lowest BCUT2D eigenvalue weighted by molar-refractivity contribution is -0.116. The summed E-state index contributed by atoms with van der Waals surface area (Å²) in [5.74, 6) is 0.894. The molecule has 0 atom stereocenters. The lowest BCUT2D eigenvalue weighted by Crippen LogP contribution is -2.40. The molecule has 0 unspecified atom stereocenters. The molecule has 0 saturated carbocycles. The topological polar surface area (TPSA) is 56.7 Å². The summed E-state index contributed by atoms with van der Waals surface area (Å²) >= 11 is 3.37. The molecular weight excluding hydrogens is 332 g/mol. The van der Waals surface area contributed by atoms with E-state index in [1.807, 2.05) is 24.3 Å². The van der Waals surface area contributed by atoms with Crippen LogP contribution in [0.1, 0.15) is 19.3 Å². The number of benzene rings is 1. The van der Waals surface area contributed by atoms with Gasteiger partial charge in [-0.3, -0.25) is 9.79 Å². The number of carbonyl (C=O) groups excluding carboxylic acids is 1. The molecule has 1 saturated heterocycles. The van der Waals surface area contributed by atoms with E-state index in [2.05, 4.69) is 36.5 Å². The molecule has 1 aliphatic rings. The van der Waals surface area contributed by atoms with E-state index in [9.17, 15) is 4.79 Å². The van der Waals surface area contributed by atoms with Crippen molar-refractivity contribution in [2.45, 2.75) is 19.3 Å². The molecule has 1 fully saturated rings. The van der Waals surface area contributed by atoms with Gasteiger partial charge in [-0.25, -0.2) is 0 Å². The number of halogens is 1. The van der Waals surface area contributed by atoms with Crippen molar-refractivity contribution in [3.63, 3.8) is 0 Å². The van der Waals surface area contributed by atoms with E-state index in [4.69, 9.17) is 0 Å². The molecule has 1 aliphatic heterocycles. The van der Waals surface area contributed by atoms with Crippen LogP contribution in [0.25, 0.3) is 0 Å². The van der Waals surface area contributed by atoms with Crippen molar-refractivity contribution in [2.75, 3.05) is 32.0 Å². The van der Waals surface area contributed by atoms with Crippen LogP contribution in [0.15, 0.2) is 33.7 Å². The summed E-state index contributed by atoms with van der Waals surface area (Å²) in [6.45, 7) is 2.68. The first kappa shape index (κ1) is 15.8. The van der Waals surface area contributed by atoms with E-state index in [-0.39, 0.29) is 5.91 Å². The summed E-state index contributed by atoms with van der Waals surface area (Å²) in [6.07, 6.45) is 2.85. The summed E-state index contributed by atoms with van der Waals surface area (Å²) in [5, 5.41) is 6.12. The van der Waals surface area contributed by atoms with E-state index in [0.29, 0.717) is 13.0 Å². The van der Waals surface area contributed by atoms with Crippen molar-refractivity contribution in [2.24, 2.45) is 4.99 Å². The summed E-state index contributed by atoms with van der Waals surface area (Å²) < 4.78 is 0.997. The third kappa shape index (κ3) is 5.04. The molecule has 1 aromatic rings. The fourth-order valence-corrected chi connectivity index (χ4v) is 2.57. The zero-order valence-corrected chi connectivity index (χ0v) is 13.8. The average Bonchev–Trinajstić information content (AvgIpc) is 3.00. The predicted octanol–water partition coefficient (Wildman–Crippen LogP) is 2.45. The standard InChI is InChI=1S/C15H21BrN4O/c1-17-15(20-10-2-3-11-20)18-9-8-14(21)19-13-6-4-12(16)5-7-13/h4-7H,2-3,8-11H2,1H3,(H,17,18)(H,19,21). The lowest BCUT2D eigenvalue weighted by Gasteiger charge is -2.20. The molecule has 6 heteroatoms. The Bertz CT molecular complexity index is 495. The fraction of sp³-hybridized carbons (Fsp3) is 0.467. The first-order valence-electron chi connectivity index (χ1n) is 7.20. The molecule has 1 heterocycles. The van der Waals surface area contributed by atoms with E-state index < -0.39 is 0 Å². The smallest absolute Gasteiger partial charge is 0.226 e. The highest BCUT2D eigenvalue weighted by atomic mass is 79.9. The number of aliphatic imine (C=N–C) groups is 1. The van der Waals surface area contributed by atoms with Crippen LogP contribution in [0.4, 0.5) is 5.69 Å². The Balaban J connectivity index is 1.72.